The monoisotopic (exact) mass is 231 g/mol. The van der Waals surface area contributed by atoms with E-state index in [-0.39, 0.29) is 6.67 Å². The minimum atomic E-state index is -0.202. The molecule has 3 nitrogen and oxygen atoms in total. The Bertz CT molecular complexity index is 275. The minimum absolute atomic E-state index is 0.202. The summed E-state index contributed by atoms with van der Waals surface area (Å²) in [4.78, 5) is 0. The van der Waals surface area contributed by atoms with Gasteiger partial charge in [0.1, 0.15) is 6.33 Å². The first-order chi connectivity index (χ1) is 7.25. The second-order valence-electron chi connectivity index (χ2n) is 3.71. The van der Waals surface area contributed by atoms with E-state index in [2.05, 4.69) is 28.6 Å². The second kappa shape index (κ2) is 6.82. The van der Waals surface area contributed by atoms with E-state index < -0.39 is 0 Å². The molecule has 1 aromatic heterocycles. The van der Waals surface area contributed by atoms with Crippen LogP contribution in [0.2, 0.25) is 0 Å². The van der Waals surface area contributed by atoms with Crippen molar-refractivity contribution in [2.45, 2.75) is 44.3 Å². The van der Waals surface area contributed by atoms with Gasteiger partial charge in [-0.1, -0.05) is 18.2 Å². The van der Waals surface area contributed by atoms with Gasteiger partial charge in [0.15, 0.2) is 5.16 Å². The summed E-state index contributed by atoms with van der Waals surface area (Å²) in [5, 5.41) is 8.91. The van der Waals surface area contributed by atoms with Crippen LogP contribution in [0.4, 0.5) is 4.39 Å². The Morgan fingerprint density at radius 3 is 2.87 bits per heavy atom. The van der Waals surface area contributed by atoms with Crippen LogP contribution in [-0.4, -0.2) is 27.2 Å². The Morgan fingerprint density at radius 2 is 2.20 bits per heavy atom. The van der Waals surface area contributed by atoms with Gasteiger partial charge in [-0.15, -0.1) is 10.2 Å². The van der Waals surface area contributed by atoms with E-state index in [4.69, 9.17) is 0 Å². The maximum atomic E-state index is 11.8. The van der Waals surface area contributed by atoms with Crippen LogP contribution >= 0.6 is 11.8 Å². The molecule has 0 amide bonds. The largest absolute Gasteiger partial charge is 0.306 e. The van der Waals surface area contributed by atoms with Crippen molar-refractivity contribution >= 4 is 11.8 Å². The molecular weight excluding hydrogens is 213 g/mol. The third-order valence-electron chi connectivity index (χ3n) is 2.11. The lowest BCUT2D eigenvalue weighted by atomic mass is 10.3. The van der Waals surface area contributed by atoms with Crippen LogP contribution in [0.1, 0.15) is 39.2 Å². The van der Waals surface area contributed by atoms with Gasteiger partial charge in [0.25, 0.3) is 0 Å². The van der Waals surface area contributed by atoms with E-state index in [0.29, 0.717) is 12.5 Å². The summed E-state index contributed by atoms with van der Waals surface area (Å²) in [6.45, 7) is 4.01. The molecule has 0 N–H and O–H groups in total. The van der Waals surface area contributed by atoms with E-state index in [1.807, 2.05) is 0 Å². The average Bonchev–Trinajstić information content (AvgIpc) is 2.66. The lowest BCUT2D eigenvalue weighted by Crippen LogP contribution is -2.01. The van der Waals surface area contributed by atoms with E-state index in [1.165, 1.54) is 0 Å². The lowest BCUT2D eigenvalue weighted by molar-refractivity contribution is 0.460. The molecule has 0 fully saturated rings. The summed E-state index contributed by atoms with van der Waals surface area (Å²) in [7, 11) is 0. The van der Waals surface area contributed by atoms with E-state index in [0.717, 1.165) is 23.8 Å². The smallest absolute Gasteiger partial charge is 0.191 e. The molecule has 0 unspecified atom stereocenters. The summed E-state index contributed by atoms with van der Waals surface area (Å²) < 4.78 is 13.9. The average molecular weight is 231 g/mol. The lowest BCUT2D eigenvalue weighted by Gasteiger charge is -2.08. The molecule has 0 atom stereocenters. The van der Waals surface area contributed by atoms with Crippen LogP contribution in [0.3, 0.4) is 0 Å². The first kappa shape index (κ1) is 12.5. The molecule has 15 heavy (non-hydrogen) atoms. The molecule has 1 rings (SSSR count). The number of thioether (sulfide) groups is 1. The van der Waals surface area contributed by atoms with Crippen LogP contribution in [0.15, 0.2) is 11.5 Å². The Hall–Kier alpha value is -0.580. The van der Waals surface area contributed by atoms with Crippen molar-refractivity contribution in [1.29, 1.82) is 0 Å². The van der Waals surface area contributed by atoms with Crippen LogP contribution in [0, 0.1) is 0 Å². The van der Waals surface area contributed by atoms with Gasteiger partial charge in [0.2, 0.25) is 0 Å². The molecule has 1 aromatic rings. The maximum Gasteiger partial charge on any atom is 0.191 e. The number of hydrogen-bond acceptors (Lipinski definition) is 3. The Kier molecular flexibility index (Phi) is 5.68. The molecule has 0 bridgehead atoms. The normalized spacial score (nSPS) is 11.2. The van der Waals surface area contributed by atoms with Crippen molar-refractivity contribution in [3.05, 3.63) is 6.33 Å². The topological polar surface area (TPSA) is 30.7 Å². The highest BCUT2D eigenvalue weighted by Crippen LogP contribution is 2.20. The molecule has 5 heteroatoms. The number of rotatable bonds is 7. The number of aromatic nitrogens is 3. The van der Waals surface area contributed by atoms with Gasteiger partial charge in [-0.05, 0) is 26.7 Å². The van der Waals surface area contributed by atoms with Crippen LogP contribution < -0.4 is 0 Å². The molecule has 0 saturated carbocycles. The highest BCUT2D eigenvalue weighted by atomic mass is 32.2. The first-order valence-corrected chi connectivity index (χ1v) is 6.32. The predicted octanol–water partition coefficient (Wildman–Crippen LogP) is 3.09. The minimum Gasteiger partial charge on any atom is -0.306 e. The standard InChI is InChI=1S/C10H18FN3S/c1-9(2)14-8-12-13-10(14)15-7-5-3-4-6-11/h8-9H,3-7H2,1-2H3. The first-order valence-electron chi connectivity index (χ1n) is 5.34. The second-order valence-corrected chi connectivity index (χ2v) is 4.77. The number of alkyl halides is 1. The summed E-state index contributed by atoms with van der Waals surface area (Å²) in [5.74, 6) is 0.991. The highest BCUT2D eigenvalue weighted by Gasteiger charge is 2.06. The Balaban J connectivity index is 2.28. The van der Waals surface area contributed by atoms with Crippen molar-refractivity contribution < 1.29 is 4.39 Å². The zero-order valence-corrected chi connectivity index (χ0v) is 10.1. The van der Waals surface area contributed by atoms with Gasteiger partial charge < -0.3 is 4.57 Å². The van der Waals surface area contributed by atoms with Crippen molar-refractivity contribution in [2.75, 3.05) is 12.4 Å². The zero-order chi connectivity index (χ0) is 11.1. The summed E-state index contributed by atoms with van der Waals surface area (Å²) >= 11 is 1.70. The predicted molar refractivity (Wildman–Crippen MR) is 61.0 cm³/mol. The Labute approximate surface area is 94.5 Å². The highest BCUT2D eigenvalue weighted by molar-refractivity contribution is 7.99. The van der Waals surface area contributed by atoms with Gasteiger partial charge >= 0.3 is 0 Å². The van der Waals surface area contributed by atoms with Crippen molar-refractivity contribution in [2.24, 2.45) is 0 Å². The van der Waals surface area contributed by atoms with Gasteiger partial charge in [-0.25, -0.2) is 0 Å². The van der Waals surface area contributed by atoms with Crippen molar-refractivity contribution in [3.8, 4) is 0 Å². The molecule has 0 radical (unpaired) electrons. The van der Waals surface area contributed by atoms with Gasteiger partial charge in [0, 0.05) is 11.8 Å². The summed E-state index contributed by atoms with van der Waals surface area (Å²) in [5.41, 5.74) is 0. The fraction of sp³-hybridized carbons (Fsp3) is 0.800. The number of unbranched alkanes of at least 4 members (excludes halogenated alkanes) is 2. The van der Waals surface area contributed by atoms with E-state index >= 15 is 0 Å². The molecule has 0 aliphatic rings. The van der Waals surface area contributed by atoms with Gasteiger partial charge in [0.05, 0.1) is 6.67 Å². The fourth-order valence-corrected chi connectivity index (χ4v) is 2.27. The molecular formula is C10H18FN3S. The number of halogens is 1. The third-order valence-corrected chi connectivity index (χ3v) is 3.15. The van der Waals surface area contributed by atoms with Crippen molar-refractivity contribution in [1.82, 2.24) is 14.8 Å². The molecule has 0 spiro atoms. The van der Waals surface area contributed by atoms with E-state index in [1.54, 1.807) is 18.1 Å². The quantitative estimate of drug-likeness (QED) is 0.533. The van der Waals surface area contributed by atoms with E-state index in [9.17, 15) is 4.39 Å². The molecule has 0 aromatic carbocycles. The van der Waals surface area contributed by atoms with Gasteiger partial charge in [-0.3, -0.25) is 4.39 Å². The Morgan fingerprint density at radius 1 is 1.40 bits per heavy atom. The van der Waals surface area contributed by atoms with Crippen LogP contribution in [0.5, 0.6) is 0 Å². The molecule has 86 valence electrons. The maximum absolute atomic E-state index is 11.8. The van der Waals surface area contributed by atoms with Crippen LogP contribution in [-0.2, 0) is 0 Å². The van der Waals surface area contributed by atoms with Gasteiger partial charge in [-0.2, -0.15) is 0 Å². The SMILES string of the molecule is CC(C)n1cnnc1SCCCCCF. The summed E-state index contributed by atoms with van der Waals surface area (Å²) in [6.07, 6.45) is 4.44. The number of nitrogens with zero attached hydrogens (tertiary/aromatic N) is 3. The molecule has 1 heterocycles. The number of hydrogen-bond donors (Lipinski definition) is 0. The fourth-order valence-electron chi connectivity index (χ4n) is 1.23. The molecule has 0 aliphatic heterocycles. The van der Waals surface area contributed by atoms with Crippen LogP contribution in [0.25, 0.3) is 0 Å². The summed E-state index contributed by atoms with van der Waals surface area (Å²) in [6, 6.07) is 0.397. The zero-order valence-electron chi connectivity index (χ0n) is 9.32. The molecule has 0 saturated heterocycles. The molecule has 0 aliphatic carbocycles. The third kappa shape index (κ3) is 4.20. The van der Waals surface area contributed by atoms with Crippen molar-refractivity contribution in [3.63, 3.8) is 0 Å².